The second-order valence-electron chi connectivity index (χ2n) is 7.95. The first-order valence-corrected chi connectivity index (χ1v) is 10.4. The number of nitrogens with zero attached hydrogens (tertiary/aromatic N) is 4. The highest BCUT2D eigenvalue weighted by molar-refractivity contribution is 5.19. The summed E-state index contributed by atoms with van der Waals surface area (Å²) < 4.78 is 24.0. The van der Waals surface area contributed by atoms with Gasteiger partial charge in [-0.25, -0.2) is 8.78 Å². The lowest BCUT2D eigenvalue weighted by molar-refractivity contribution is 0.182. The Hall–Kier alpha value is -2.36. The molecule has 30 heavy (non-hydrogen) atoms. The topological polar surface area (TPSA) is 89.9 Å². The predicted molar refractivity (Wildman–Crippen MR) is 113 cm³/mol. The van der Waals surface area contributed by atoms with Crippen molar-refractivity contribution in [1.82, 2.24) is 30.2 Å². The van der Waals surface area contributed by atoms with Gasteiger partial charge in [0.15, 0.2) is 0 Å². The van der Waals surface area contributed by atoms with Crippen LogP contribution in [0.5, 0.6) is 0 Å². The van der Waals surface area contributed by atoms with Crippen LogP contribution in [0, 0.1) is 0 Å². The van der Waals surface area contributed by atoms with Crippen LogP contribution in [0.1, 0.15) is 36.6 Å². The third-order valence-corrected chi connectivity index (χ3v) is 5.17. The Labute approximate surface area is 176 Å². The van der Waals surface area contributed by atoms with E-state index >= 15 is 0 Å². The zero-order valence-electron chi connectivity index (χ0n) is 17.5. The minimum atomic E-state index is -0.230. The smallest absolute Gasteiger partial charge is 0.100 e. The van der Waals surface area contributed by atoms with Crippen LogP contribution in [-0.4, -0.2) is 62.4 Å². The first-order valence-electron chi connectivity index (χ1n) is 10.4. The van der Waals surface area contributed by atoms with Gasteiger partial charge in [-0.15, -0.1) is 0 Å². The first-order chi connectivity index (χ1) is 14.5. The fourth-order valence-electron chi connectivity index (χ4n) is 3.60. The molecule has 0 aromatic carbocycles. The van der Waals surface area contributed by atoms with Crippen molar-refractivity contribution in [3.8, 4) is 0 Å². The Morgan fingerprint density at radius 2 is 1.93 bits per heavy atom. The standard InChI is InChI=1S/C15H25N7.C6H6F2/c1-12(16)9-22(10-13-6-17-18-7-13)5-4-21-3-2-14-8-19-20-15(14)11-21;7-5-1-2-6(8)4-3-5/h6-8,12H,2-5,9-11,16H2,1H3,(H,17,18)(H,19,20);1-2H,3-4H2/t12-;/m0./s1. The number of aromatic nitrogens is 4. The van der Waals surface area contributed by atoms with E-state index in [1.54, 1.807) is 0 Å². The van der Waals surface area contributed by atoms with Crippen molar-refractivity contribution in [2.75, 3.05) is 26.2 Å². The number of nitrogens with two attached hydrogens (primary N) is 1. The van der Waals surface area contributed by atoms with Crippen LogP contribution in [0.15, 0.2) is 42.4 Å². The average Bonchev–Trinajstić information content (AvgIpc) is 3.40. The predicted octanol–water partition coefficient (Wildman–Crippen LogP) is 2.83. The van der Waals surface area contributed by atoms with Crippen LogP contribution in [0.25, 0.3) is 0 Å². The minimum absolute atomic E-state index is 0.174. The zero-order chi connectivity index (χ0) is 21.3. The monoisotopic (exact) mass is 419 g/mol. The number of nitrogens with one attached hydrogen (secondary N) is 2. The van der Waals surface area contributed by atoms with Gasteiger partial charge in [0.25, 0.3) is 0 Å². The molecule has 7 nitrogen and oxygen atoms in total. The number of rotatable bonds is 7. The minimum Gasteiger partial charge on any atom is -0.327 e. The van der Waals surface area contributed by atoms with Crippen LogP contribution in [-0.2, 0) is 19.5 Å². The van der Waals surface area contributed by atoms with E-state index < -0.39 is 0 Å². The second-order valence-corrected chi connectivity index (χ2v) is 7.95. The highest BCUT2D eigenvalue weighted by Gasteiger charge is 2.18. The molecular weight excluding hydrogens is 388 g/mol. The normalized spacial score (nSPS) is 17.6. The van der Waals surface area contributed by atoms with Gasteiger partial charge < -0.3 is 5.73 Å². The fourth-order valence-corrected chi connectivity index (χ4v) is 3.60. The van der Waals surface area contributed by atoms with Gasteiger partial charge in [0, 0.05) is 69.9 Å². The molecule has 0 fully saturated rings. The lowest BCUT2D eigenvalue weighted by Crippen LogP contribution is -2.41. The van der Waals surface area contributed by atoms with E-state index in [1.165, 1.54) is 29.0 Å². The fraction of sp³-hybridized carbons (Fsp3) is 0.524. The highest BCUT2D eigenvalue weighted by Crippen LogP contribution is 2.19. The van der Waals surface area contributed by atoms with Gasteiger partial charge >= 0.3 is 0 Å². The van der Waals surface area contributed by atoms with Crippen LogP contribution in [0.2, 0.25) is 0 Å². The van der Waals surface area contributed by atoms with Crippen molar-refractivity contribution in [3.63, 3.8) is 0 Å². The molecule has 2 aromatic heterocycles. The average molecular weight is 420 g/mol. The summed E-state index contributed by atoms with van der Waals surface area (Å²) in [5.74, 6) is -0.460. The summed E-state index contributed by atoms with van der Waals surface area (Å²) in [5.41, 5.74) is 9.82. The van der Waals surface area contributed by atoms with E-state index in [0.717, 1.165) is 45.7 Å². The van der Waals surface area contributed by atoms with Gasteiger partial charge in [-0.05, 0) is 31.1 Å². The molecule has 9 heteroatoms. The van der Waals surface area contributed by atoms with Crippen LogP contribution in [0.3, 0.4) is 0 Å². The molecule has 0 amide bonds. The van der Waals surface area contributed by atoms with Crippen molar-refractivity contribution in [2.45, 2.75) is 45.3 Å². The summed E-state index contributed by atoms with van der Waals surface area (Å²) in [6.07, 6.45) is 9.65. The molecule has 1 aliphatic heterocycles. The lowest BCUT2D eigenvalue weighted by atomic mass is 10.1. The lowest BCUT2D eigenvalue weighted by Gasteiger charge is -2.30. The van der Waals surface area contributed by atoms with Crippen molar-refractivity contribution in [1.29, 1.82) is 0 Å². The summed E-state index contributed by atoms with van der Waals surface area (Å²) in [7, 11) is 0. The van der Waals surface area contributed by atoms with Crippen molar-refractivity contribution < 1.29 is 8.78 Å². The van der Waals surface area contributed by atoms with Crippen LogP contribution < -0.4 is 5.73 Å². The SMILES string of the molecule is C[C@H](N)CN(CCN1CCc2cn[nH]c2C1)Cc1cn[nH]c1.FC1=CC=C(F)CC1. The molecule has 2 aromatic rings. The van der Waals surface area contributed by atoms with E-state index in [9.17, 15) is 8.78 Å². The van der Waals surface area contributed by atoms with Gasteiger partial charge in [-0.2, -0.15) is 10.2 Å². The van der Waals surface area contributed by atoms with Crippen molar-refractivity contribution in [3.05, 3.63) is 59.2 Å². The maximum absolute atomic E-state index is 12.0. The Balaban J connectivity index is 0.000000269. The van der Waals surface area contributed by atoms with E-state index in [1.807, 2.05) is 18.6 Å². The van der Waals surface area contributed by atoms with Gasteiger partial charge in [0.05, 0.1) is 18.1 Å². The molecule has 0 bridgehead atoms. The molecule has 0 radical (unpaired) electrons. The molecule has 0 saturated heterocycles. The van der Waals surface area contributed by atoms with E-state index in [4.69, 9.17) is 5.73 Å². The van der Waals surface area contributed by atoms with Gasteiger partial charge in [0.1, 0.15) is 11.7 Å². The largest absolute Gasteiger partial charge is 0.327 e. The molecule has 1 atom stereocenters. The van der Waals surface area contributed by atoms with Crippen LogP contribution in [0.4, 0.5) is 8.78 Å². The number of allylic oxidation sites excluding steroid dienone is 4. The Morgan fingerprint density at radius 3 is 2.57 bits per heavy atom. The third-order valence-electron chi connectivity index (χ3n) is 5.17. The molecule has 3 heterocycles. The molecule has 2 aliphatic rings. The molecular formula is C21H31F2N7. The number of hydrogen-bond donors (Lipinski definition) is 3. The Bertz CT molecular complexity index is 808. The second kappa shape index (κ2) is 11.1. The number of aromatic amines is 2. The number of fused-ring (bicyclic) bond motifs is 1. The van der Waals surface area contributed by atoms with Gasteiger partial charge in [-0.3, -0.25) is 20.0 Å². The summed E-state index contributed by atoms with van der Waals surface area (Å²) >= 11 is 0. The summed E-state index contributed by atoms with van der Waals surface area (Å²) in [6, 6.07) is 0.174. The third kappa shape index (κ3) is 7.16. The van der Waals surface area contributed by atoms with E-state index in [2.05, 4.69) is 37.1 Å². The maximum atomic E-state index is 12.0. The van der Waals surface area contributed by atoms with E-state index in [0.29, 0.717) is 0 Å². The summed E-state index contributed by atoms with van der Waals surface area (Å²) in [6.45, 7) is 7.96. The summed E-state index contributed by atoms with van der Waals surface area (Å²) in [5, 5.41) is 14.1. The maximum Gasteiger partial charge on any atom is 0.100 e. The molecule has 4 rings (SSSR count). The Morgan fingerprint density at radius 1 is 1.17 bits per heavy atom. The molecule has 0 saturated carbocycles. The number of hydrogen-bond acceptors (Lipinski definition) is 5. The number of halogens is 2. The number of H-pyrrole nitrogens is 2. The quantitative estimate of drug-likeness (QED) is 0.642. The Kier molecular flexibility index (Phi) is 8.30. The zero-order valence-corrected chi connectivity index (χ0v) is 17.5. The van der Waals surface area contributed by atoms with Crippen LogP contribution >= 0.6 is 0 Å². The van der Waals surface area contributed by atoms with Gasteiger partial charge in [0.2, 0.25) is 0 Å². The first kappa shape index (κ1) is 22.3. The van der Waals surface area contributed by atoms with Crippen molar-refractivity contribution in [2.24, 2.45) is 5.73 Å². The molecule has 4 N–H and O–H groups in total. The highest BCUT2D eigenvalue weighted by atomic mass is 19.1. The molecule has 1 aliphatic carbocycles. The molecule has 0 spiro atoms. The van der Waals surface area contributed by atoms with Gasteiger partial charge in [-0.1, -0.05) is 0 Å². The van der Waals surface area contributed by atoms with Crippen molar-refractivity contribution >= 4 is 0 Å². The summed E-state index contributed by atoms with van der Waals surface area (Å²) in [4.78, 5) is 4.88. The van der Waals surface area contributed by atoms with E-state index in [-0.39, 0.29) is 30.5 Å². The molecule has 164 valence electrons. The molecule has 0 unspecified atom stereocenters.